The summed E-state index contributed by atoms with van der Waals surface area (Å²) in [6.45, 7) is 13.9. The zero-order chi connectivity index (χ0) is 17.8. The van der Waals surface area contributed by atoms with Crippen LogP contribution in [0.5, 0.6) is 17.2 Å². The molecule has 0 aliphatic carbocycles. The van der Waals surface area contributed by atoms with Crippen LogP contribution in [0.2, 0.25) is 0 Å². The van der Waals surface area contributed by atoms with E-state index in [1.807, 2.05) is 0 Å². The van der Waals surface area contributed by atoms with Crippen LogP contribution in [-0.4, -0.2) is 25.6 Å². The van der Waals surface area contributed by atoms with E-state index in [2.05, 4.69) is 19.7 Å². The van der Waals surface area contributed by atoms with Gasteiger partial charge in [-0.3, -0.25) is 4.79 Å². The van der Waals surface area contributed by atoms with Crippen molar-refractivity contribution in [2.45, 2.75) is 26.2 Å². The molecule has 1 aromatic carbocycles. The highest BCUT2D eigenvalue weighted by atomic mass is 16.5. The van der Waals surface area contributed by atoms with Gasteiger partial charge < -0.3 is 14.2 Å². The number of hydrogen-bond donors (Lipinski definition) is 0. The molecule has 0 heterocycles. The Hall–Kier alpha value is -2.49. The molecule has 0 saturated carbocycles. The van der Waals surface area contributed by atoms with Crippen LogP contribution in [-0.2, 0) is 0 Å². The molecule has 0 aromatic heterocycles. The zero-order valence-corrected chi connectivity index (χ0v) is 14.4. The van der Waals surface area contributed by atoms with Gasteiger partial charge >= 0.3 is 0 Å². The van der Waals surface area contributed by atoms with Crippen molar-refractivity contribution in [2.75, 3.05) is 19.8 Å². The van der Waals surface area contributed by atoms with E-state index in [0.717, 1.165) is 0 Å². The Kier molecular flexibility index (Phi) is 9.05. The Balaban J connectivity index is 3.15. The lowest BCUT2D eigenvalue weighted by molar-refractivity contribution is 0.101. The molecular weight excluding hydrogens is 304 g/mol. The van der Waals surface area contributed by atoms with Crippen LogP contribution >= 0.6 is 0 Å². The van der Waals surface area contributed by atoms with Gasteiger partial charge in [-0.15, -0.1) is 19.7 Å². The van der Waals surface area contributed by atoms with Gasteiger partial charge in [0.05, 0.1) is 19.8 Å². The molecule has 24 heavy (non-hydrogen) atoms. The predicted octanol–water partition coefficient (Wildman–Crippen LogP) is 4.75. The van der Waals surface area contributed by atoms with Crippen LogP contribution in [0.15, 0.2) is 50.1 Å². The van der Waals surface area contributed by atoms with Crippen LogP contribution in [0.3, 0.4) is 0 Å². The van der Waals surface area contributed by atoms with Crippen LogP contribution in [0.1, 0.15) is 36.5 Å². The second kappa shape index (κ2) is 11.1. The molecule has 0 atom stereocenters. The third kappa shape index (κ3) is 6.32. The van der Waals surface area contributed by atoms with Gasteiger partial charge in [0.15, 0.2) is 17.3 Å². The molecule has 4 nitrogen and oxygen atoms in total. The lowest BCUT2D eigenvalue weighted by atomic mass is 10.1. The fourth-order valence-corrected chi connectivity index (χ4v) is 1.89. The minimum Gasteiger partial charge on any atom is -0.489 e. The first-order chi connectivity index (χ1) is 11.6. The summed E-state index contributed by atoms with van der Waals surface area (Å²) in [5.41, 5.74) is 0.522. The molecule has 4 heteroatoms. The van der Waals surface area contributed by atoms with Gasteiger partial charge in [0.2, 0.25) is 5.75 Å². The normalized spacial score (nSPS) is 9.88. The van der Waals surface area contributed by atoms with Crippen molar-refractivity contribution in [1.29, 1.82) is 0 Å². The number of ether oxygens (including phenoxy) is 3. The summed E-state index contributed by atoms with van der Waals surface area (Å²) in [5, 5.41) is 0. The molecule has 0 aliphatic rings. The van der Waals surface area contributed by atoms with E-state index in [9.17, 15) is 4.79 Å². The molecule has 0 saturated heterocycles. The average molecular weight is 330 g/mol. The van der Waals surface area contributed by atoms with Gasteiger partial charge in [-0.2, -0.15) is 0 Å². The van der Waals surface area contributed by atoms with Gasteiger partial charge in [-0.1, -0.05) is 18.2 Å². The molecule has 1 aromatic rings. The summed E-state index contributed by atoms with van der Waals surface area (Å²) in [4.78, 5) is 11.8. The number of carbonyl (C=O) groups is 1. The topological polar surface area (TPSA) is 44.8 Å². The summed E-state index contributed by atoms with van der Waals surface area (Å²) >= 11 is 0. The summed E-state index contributed by atoms with van der Waals surface area (Å²) in [5.74, 6) is 1.45. The first kappa shape index (κ1) is 19.6. The van der Waals surface area contributed by atoms with Crippen molar-refractivity contribution in [3.63, 3.8) is 0 Å². The average Bonchev–Trinajstić information content (AvgIpc) is 2.56. The van der Waals surface area contributed by atoms with Gasteiger partial charge in [0, 0.05) is 5.56 Å². The molecule has 0 unspecified atom stereocenters. The quantitative estimate of drug-likeness (QED) is 0.297. The number of rotatable bonds is 13. The highest BCUT2D eigenvalue weighted by Gasteiger charge is 2.17. The standard InChI is InChI=1S/C20H26O4/c1-5-8-11-22-18-14-17(16(4)21)15-19(23-12-9-6-2)20(18)24-13-10-7-3/h5-7,14-15H,1-3,8-13H2,4H3. The molecule has 0 bridgehead atoms. The number of hydrogen-bond acceptors (Lipinski definition) is 4. The van der Waals surface area contributed by atoms with Gasteiger partial charge in [0.1, 0.15) is 0 Å². The van der Waals surface area contributed by atoms with Crippen LogP contribution < -0.4 is 14.2 Å². The molecule has 0 aliphatic heterocycles. The molecular formula is C20H26O4. The summed E-state index contributed by atoms with van der Waals surface area (Å²) < 4.78 is 17.4. The van der Waals surface area contributed by atoms with E-state index >= 15 is 0 Å². The monoisotopic (exact) mass is 330 g/mol. The Bertz CT molecular complexity index is 540. The van der Waals surface area contributed by atoms with Crippen molar-refractivity contribution >= 4 is 5.78 Å². The highest BCUT2D eigenvalue weighted by Crippen LogP contribution is 2.39. The van der Waals surface area contributed by atoms with Crippen molar-refractivity contribution in [3.8, 4) is 17.2 Å². The summed E-state index contributed by atoms with van der Waals surface area (Å²) in [6.07, 6.45) is 7.42. The zero-order valence-electron chi connectivity index (χ0n) is 14.4. The van der Waals surface area contributed by atoms with Crippen molar-refractivity contribution < 1.29 is 19.0 Å². The van der Waals surface area contributed by atoms with E-state index in [4.69, 9.17) is 14.2 Å². The third-order valence-electron chi connectivity index (χ3n) is 3.15. The molecule has 0 amide bonds. The third-order valence-corrected chi connectivity index (χ3v) is 3.15. The Labute approximate surface area is 144 Å². The maximum Gasteiger partial charge on any atom is 0.203 e. The van der Waals surface area contributed by atoms with Gasteiger partial charge in [-0.05, 0) is 38.3 Å². The second-order valence-electron chi connectivity index (χ2n) is 5.14. The number of carbonyl (C=O) groups excluding carboxylic acids is 1. The molecule has 0 fully saturated rings. The maximum absolute atomic E-state index is 11.8. The lowest BCUT2D eigenvalue weighted by Gasteiger charge is -2.17. The van der Waals surface area contributed by atoms with E-state index in [0.29, 0.717) is 61.9 Å². The van der Waals surface area contributed by atoms with Gasteiger partial charge in [0.25, 0.3) is 0 Å². The SMILES string of the molecule is C=CCCOc1cc(C(C)=O)cc(OCCC=C)c1OCCC=C. The molecule has 1 rings (SSSR count). The van der Waals surface area contributed by atoms with Crippen LogP contribution in [0.25, 0.3) is 0 Å². The first-order valence-electron chi connectivity index (χ1n) is 8.04. The largest absolute Gasteiger partial charge is 0.489 e. The number of benzene rings is 1. The fourth-order valence-electron chi connectivity index (χ4n) is 1.89. The van der Waals surface area contributed by atoms with Crippen molar-refractivity contribution in [3.05, 3.63) is 55.7 Å². The van der Waals surface area contributed by atoms with E-state index in [1.54, 1.807) is 30.4 Å². The Morgan fingerprint density at radius 3 is 1.67 bits per heavy atom. The predicted molar refractivity (Wildman–Crippen MR) is 97.4 cm³/mol. The van der Waals surface area contributed by atoms with Crippen LogP contribution in [0, 0.1) is 0 Å². The van der Waals surface area contributed by atoms with Crippen LogP contribution in [0.4, 0.5) is 0 Å². The molecule has 130 valence electrons. The first-order valence-corrected chi connectivity index (χ1v) is 8.04. The minimum absolute atomic E-state index is 0.0604. The van der Waals surface area contributed by atoms with E-state index < -0.39 is 0 Å². The van der Waals surface area contributed by atoms with E-state index in [-0.39, 0.29) is 5.78 Å². The Morgan fingerprint density at radius 2 is 1.29 bits per heavy atom. The lowest BCUT2D eigenvalue weighted by Crippen LogP contribution is -2.07. The van der Waals surface area contributed by atoms with Crippen molar-refractivity contribution in [2.24, 2.45) is 0 Å². The molecule has 0 spiro atoms. The second-order valence-corrected chi connectivity index (χ2v) is 5.14. The number of Topliss-reactive ketones (excluding diaryl/α,β-unsaturated/α-hetero) is 1. The molecule has 0 radical (unpaired) electrons. The minimum atomic E-state index is -0.0604. The molecule has 0 N–H and O–H groups in total. The maximum atomic E-state index is 11.8. The fraction of sp³-hybridized carbons (Fsp3) is 0.350. The Morgan fingerprint density at radius 1 is 0.875 bits per heavy atom. The summed E-state index contributed by atoms with van der Waals surface area (Å²) in [7, 11) is 0. The van der Waals surface area contributed by atoms with Crippen molar-refractivity contribution in [1.82, 2.24) is 0 Å². The number of ketones is 1. The summed E-state index contributed by atoms with van der Waals surface area (Å²) in [6, 6.07) is 3.38. The van der Waals surface area contributed by atoms with Gasteiger partial charge in [-0.25, -0.2) is 0 Å². The highest BCUT2D eigenvalue weighted by molar-refractivity contribution is 5.95. The smallest absolute Gasteiger partial charge is 0.203 e. The van der Waals surface area contributed by atoms with E-state index in [1.165, 1.54) is 6.92 Å².